The van der Waals surface area contributed by atoms with Crippen molar-refractivity contribution >= 4 is 21.8 Å². The van der Waals surface area contributed by atoms with E-state index < -0.39 is 5.82 Å². The topological polar surface area (TPSA) is 32.3 Å². The number of halogens is 2. The number of carbonyl (C=O) groups excluding carboxylic acids is 1. The zero-order valence-electron chi connectivity index (χ0n) is 11.0. The van der Waals surface area contributed by atoms with Crippen LogP contribution in [0.5, 0.6) is 0 Å². The number of amides is 1. The summed E-state index contributed by atoms with van der Waals surface area (Å²) in [7, 11) is 0. The van der Waals surface area contributed by atoms with Gasteiger partial charge in [0.25, 0.3) is 5.91 Å². The predicted molar refractivity (Wildman–Crippen MR) is 76.7 cm³/mol. The van der Waals surface area contributed by atoms with E-state index in [-0.39, 0.29) is 11.9 Å². The summed E-state index contributed by atoms with van der Waals surface area (Å²) in [5.74, 6) is -0.494. The molecule has 0 radical (unpaired) electrons. The van der Waals surface area contributed by atoms with Crippen LogP contribution in [0.4, 0.5) is 4.39 Å². The zero-order valence-corrected chi connectivity index (χ0v) is 12.5. The second kappa shape index (κ2) is 6.48. The Morgan fingerprint density at radius 1 is 1.53 bits per heavy atom. The van der Waals surface area contributed by atoms with E-state index in [2.05, 4.69) is 21.2 Å². The van der Waals surface area contributed by atoms with Crippen molar-refractivity contribution < 1.29 is 9.18 Å². The average molecular weight is 329 g/mol. The Morgan fingerprint density at radius 3 is 2.89 bits per heavy atom. The third-order valence-electron chi connectivity index (χ3n) is 3.42. The molecule has 1 aromatic rings. The van der Waals surface area contributed by atoms with Gasteiger partial charge in [-0.15, -0.1) is 0 Å². The van der Waals surface area contributed by atoms with E-state index in [1.807, 2.05) is 11.8 Å². The summed E-state index contributed by atoms with van der Waals surface area (Å²) < 4.78 is 14.0. The second-order valence-electron chi connectivity index (χ2n) is 4.75. The molecule has 2 rings (SSSR count). The normalized spacial score (nSPS) is 19.2. The fraction of sp³-hybridized carbons (Fsp3) is 0.500. The summed E-state index contributed by atoms with van der Waals surface area (Å²) in [5.41, 5.74) is 0.402. The second-order valence-corrected chi connectivity index (χ2v) is 5.67. The molecule has 1 heterocycles. The Kier molecular flexibility index (Phi) is 4.93. The standard InChI is InChI=1S/C14H18BrFN2O/c1-2-18(13-4-3-5-17-9-13)14(19)10-6-11(15)8-12(16)7-10/h6-8,13,17H,2-5,9H2,1H3. The van der Waals surface area contributed by atoms with Gasteiger partial charge in [0.15, 0.2) is 0 Å². The van der Waals surface area contributed by atoms with Crippen molar-refractivity contribution in [2.24, 2.45) is 0 Å². The summed E-state index contributed by atoms with van der Waals surface area (Å²) in [6.45, 7) is 4.42. The number of hydrogen-bond acceptors (Lipinski definition) is 2. The number of likely N-dealkylation sites (N-methyl/N-ethyl adjacent to an activating group) is 1. The zero-order chi connectivity index (χ0) is 13.8. The summed E-state index contributed by atoms with van der Waals surface area (Å²) in [4.78, 5) is 14.3. The largest absolute Gasteiger partial charge is 0.335 e. The van der Waals surface area contributed by atoms with Gasteiger partial charge < -0.3 is 10.2 Å². The van der Waals surface area contributed by atoms with Gasteiger partial charge in [-0.2, -0.15) is 0 Å². The van der Waals surface area contributed by atoms with Gasteiger partial charge in [0.05, 0.1) is 0 Å². The minimum absolute atomic E-state index is 0.101. The molecular formula is C14H18BrFN2O. The number of nitrogens with zero attached hydrogens (tertiary/aromatic N) is 1. The molecule has 5 heteroatoms. The molecule has 0 aliphatic carbocycles. The summed E-state index contributed by atoms with van der Waals surface area (Å²) >= 11 is 3.23. The molecule has 1 amide bonds. The first kappa shape index (κ1) is 14.5. The van der Waals surface area contributed by atoms with Crippen LogP contribution in [-0.2, 0) is 0 Å². The van der Waals surface area contributed by atoms with Gasteiger partial charge in [-0.1, -0.05) is 15.9 Å². The van der Waals surface area contributed by atoms with E-state index in [9.17, 15) is 9.18 Å². The summed E-state index contributed by atoms with van der Waals surface area (Å²) in [5, 5.41) is 3.30. The van der Waals surface area contributed by atoms with Gasteiger partial charge in [-0.25, -0.2) is 4.39 Å². The molecule has 1 unspecified atom stereocenters. The molecule has 1 atom stereocenters. The Balaban J connectivity index is 2.19. The Hall–Kier alpha value is -0.940. The number of nitrogens with one attached hydrogen (secondary N) is 1. The van der Waals surface area contributed by atoms with Gasteiger partial charge >= 0.3 is 0 Å². The van der Waals surface area contributed by atoms with Crippen molar-refractivity contribution in [3.05, 3.63) is 34.1 Å². The maximum Gasteiger partial charge on any atom is 0.254 e. The lowest BCUT2D eigenvalue weighted by Crippen LogP contribution is -2.48. The Morgan fingerprint density at radius 2 is 2.32 bits per heavy atom. The highest BCUT2D eigenvalue weighted by molar-refractivity contribution is 9.10. The van der Waals surface area contributed by atoms with E-state index in [1.54, 1.807) is 6.07 Å². The highest BCUT2D eigenvalue weighted by atomic mass is 79.9. The van der Waals surface area contributed by atoms with E-state index in [0.29, 0.717) is 16.6 Å². The summed E-state index contributed by atoms with van der Waals surface area (Å²) in [6, 6.07) is 4.53. The molecular weight excluding hydrogens is 311 g/mol. The molecule has 1 aliphatic heterocycles. The van der Waals surface area contributed by atoms with Crippen LogP contribution in [0, 0.1) is 5.82 Å². The smallest absolute Gasteiger partial charge is 0.254 e. The van der Waals surface area contributed by atoms with Gasteiger partial charge in [-0.3, -0.25) is 4.79 Å². The molecule has 3 nitrogen and oxygen atoms in total. The third kappa shape index (κ3) is 3.54. The molecule has 1 saturated heterocycles. The quantitative estimate of drug-likeness (QED) is 0.925. The van der Waals surface area contributed by atoms with Crippen LogP contribution in [0.2, 0.25) is 0 Å². The Bertz CT molecular complexity index is 441. The van der Waals surface area contributed by atoms with E-state index in [1.165, 1.54) is 12.1 Å². The molecule has 0 aromatic heterocycles. The SMILES string of the molecule is CCN(C(=O)c1cc(F)cc(Br)c1)C1CCCNC1. The van der Waals surface area contributed by atoms with Crippen LogP contribution in [-0.4, -0.2) is 36.5 Å². The molecule has 0 spiro atoms. The van der Waals surface area contributed by atoms with Crippen LogP contribution in [0.15, 0.2) is 22.7 Å². The highest BCUT2D eigenvalue weighted by Crippen LogP contribution is 2.19. The maximum atomic E-state index is 13.4. The monoisotopic (exact) mass is 328 g/mol. The molecule has 1 N–H and O–H groups in total. The predicted octanol–water partition coefficient (Wildman–Crippen LogP) is 2.80. The average Bonchev–Trinajstić information content (AvgIpc) is 2.39. The van der Waals surface area contributed by atoms with E-state index in [0.717, 1.165) is 25.9 Å². The van der Waals surface area contributed by atoms with Gasteiger partial charge in [0.1, 0.15) is 5.82 Å². The molecule has 19 heavy (non-hydrogen) atoms. The van der Waals surface area contributed by atoms with Crippen molar-refractivity contribution in [1.29, 1.82) is 0 Å². The lowest BCUT2D eigenvalue weighted by Gasteiger charge is -2.34. The minimum atomic E-state index is -0.393. The molecule has 1 aliphatic rings. The number of hydrogen-bond donors (Lipinski definition) is 1. The van der Waals surface area contributed by atoms with Crippen molar-refractivity contribution in [3.8, 4) is 0 Å². The van der Waals surface area contributed by atoms with Crippen LogP contribution >= 0.6 is 15.9 Å². The van der Waals surface area contributed by atoms with E-state index >= 15 is 0 Å². The van der Waals surface area contributed by atoms with Crippen molar-refractivity contribution in [1.82, 2.24) is 10.2 Å². The summed E-state index contributed by atoms with van der Waals surface area (Å²) in [6.07, 6.45) is 2.07. The first-order chi connectivity index (χ1) is 9.11. The fourth-order valence-corrected chi connectivity index (χ4v) is 2.98. The lowest BCUT2D eigenvalue weighted by atomic mass is 10.0. The number of carbonyl (C=O) groups is 1. The molecule has 0 saturated carbocycles. The van der Waals surface area contributed by atoms with Crippen LogP contribution < -0.4 is 5.32 Å². The van der Waals surface area contributed by atoms with Crippen molar-refractivity contribution in [2.75, 3.05) is 19.6 Å². The molecule has 104 valence electrons. The molecule has 1 aromatic carbocycles. The third-order valence-corrected chi connectivity index (χ3v) is 3.88. The van der Waals surface area contributed by atoms with Crippen LogP contribution in [0.3, 0.4) is 0 Å². The Labute approximate surface area is 121 Å². The van der Waals surface area contributed by atoms with Gasteiger partial charge in [0.2, 0.25) is 0 Å². The number of benzene rings is 1. The van der Waals surface area contributed by atoms with Crippen molar-refractivity contribution in [3.63, 3.8) is 0 Å². The number of piperidine rings is 1. The maximum absolute atomic E-state index is 13.4. The van der Waals surface area contributed by atoms with Crippen LogP contribution in [0.25, 0.3) is 0 Å². The van der Waals surface area contributed by atoms with Gasteiger partial charge in [-0.05, 0) is 44.5 Å². The lowest BCUT2D eigenvalue weighted by molar-refractivity contribution is 0.0661. The minimum Gasteiger partial charge on any atom is -0.335 e. The molecule has 0 bridgehead atoms. The van der Waals surface area contributed by atoms with E-state index in [4.69, 9.17) is 0 Å². The van der Waals surface area contributed by atoms with Crippen molar-refractivity contribution in [2.45, 2.75) is 25.8 Å². The van der Waals surface area contributed by atoms with Crippen LogP contribution in [0.1, 0.15) is 30.1 Å². The highest BCUT2D eigenvalue weighted by Gasteiger charge is 2.25. The van der Waals surface area contributed by atoms with Gasteiger partial charge in [0, 0.05) is 29.2 Å². The first-order valence-corrected chi connectivity index (χ1v) is 7.39. The fourth-order valence-electron chi connectivity index (χ4n) is 2.51. The molecule has 1 fully saturated rings. The number of rotatable bonds is 3. The first-order valence-electron chi connectivity index (χ1n) is 6.59.